The Morgan fingerprint density at radius 1 is 0.517 bits per heavy atom. The van der Waals surface area contributed by atoms with Crippen molar-refractivity contribution >= 4 is 47.2 Å². The minimum Gasteiger partial charge on any atom is -0.349 e. The van der Waals surface area contributed by atoms with E-state index >= 15 is 0 Å². The Morgan fingerprint density at radius 3 is 1.52 bits per heavy atom. The van der Waals surface area contributed by atoms with E-state index in [9.17, 15) is 28.8 Å². The van der Waals surface area contributed by atoms with E-state index in [1.165, 1.54) is 11.8 Å². The first-order chi connectivity index (χ1) is 27.4. The maximum absolute atomic E-state index is 14.3. The fourth-order valence-corrected chi connectivity index (χ4v) is 8.70. The SMILES string of the molecule is CC(C)C[C@H]1NC(=O)[C@H](Cc2ccc(-c3ccccc3)cc2)NC(=O)[C@@H](C(C)C)NC(=O)[C@@H]2CSC(N2)[C@H](C(C)C)NC(=O)[C@@H](C(C)C)NC(=O)[C@H](C(C)C)NC1=O. The maximum Gasteiger partial charge on any atom is 0.243 e. The quantitative estimate of drug-likeness (QED) is 0.200. The number of nitrogens with one attached hydrogen (secondary N) is 7. The molecule has 2 aromatic rings. The summed E-state index contributed by atoms with van der Waals surface area (Å²) in [5.74, 6) is -3.59. The van der Waals surface area contributed by atoms with Gasteiger partial charge in [-0.15, -0.1) is 11.8 Å². The molecule has 4 rings (SSSR count). The number of carbonyl (C=O) groups is 6. The van der Waals surface area contributed by atoms with Crippen molar-refractivity contribution in [3.8, 4) is 11.1 Å². The van der Waals surface area contributed by atoms with Crippen molar-refractivity contribution < 1.29 is 28.8 Å². The number of amides is 6. The first-order valence-electron chi connectivity index (χ1n) is 20.7. The van der Waals surface area contributed by atoms with Gasteiger partial charge in [0.2, 0.25) is 35.4 Å². The number of hydrogen-bond donors (Lipinski definition) is 7. The van der Waals surface area contributed by atoms with E-state index in [2.05, 4.69) is 37.2 Å². The Kier molecular flexibility index (Phi) is 16.8. The summed E-state index contributed by atoms with van der Waals surface area (Å²) in [4.78, 5) is 84.2. The van der Waals surface area contributed by atoms with Gasteiger partial charge in [0.05, 0.1) is 17.5 Å². The molecule has 2 saturated heterocycles. The van der Waals surface area contributed by atoms with E-state index in [1.54, 1.807) is 13.8 Å². The van der Waals surface area contributed by atoms with Crippen molar-refractivity contribution in [3.05, 3.63) is 60.2 Å². The number of thioether (sulfide) groups is 1. The number of hydrogen-bond acceptors (Lipinski definition) is 8. The summed E-state index contributed by atoms with van der Waals surface area (Å²) in [7, 11) is 0. The molecule has 0 aliphatic carbocycles. The molecule has 6 amide bonds. The average Bonchev–Trinajstić information content (AvgIpc) is 3.66. The van der Waals surface area contributed by atoms with Gasteiger partial charge in [-0.1, -0.05) is 124 Å². The van der Waals surface area contributed by atoms with Crippen LogP contribution in [-0.4, -0.2) is 88.9 Å². The molecule has 0 spiro atoms. The first-order valence-corrected chi connectivity index (χ1v) is 21.7. The van der Waals surface area contributed by atoms with Crippen molar-refractivity contribution in [1.82, 2.24) is 37.2 Å². The second kappa shape index (κ2) is 21.0. The van der Waals surface area contributed by atoms with E-state index in [-0.39, 0.29) is 59.6 Å². The molecule has 0 radical (unpaired) electrons. The van der Waals surface area contributed by atoms with Gasteiger partial charge < -0.3 is 31.9 Å². The van der Waals surface area contributed by atoms with Gasteiger partial charge in [0, 0.05) is 12.2 Å². The fraction of sp³-hybridized carbons (Fsp3) is 0.591. The van der Waals surface area contributed by atoms with E-state index in [0.717, 1.165) is 16.7 Å². The van der Waals surface area contributed by atoms with Crippen molar-refractivity contribution in [1.29, 1.82) is 0 Å². The second-order valence-corrected chi connectivity index (χ2v) is 18.6. The zero-order valence-corrected chi connectivity index (χ0v) is 36.5. The summed E-state index contributed by atoms with van der Waals surface area (Å²) in [5.41, 5.74) is 2.80. The number of fused-ring (bicyclic) bond motifs is 2. The third kappa shape index (κ3) is 12.5. The molecular weight excluding hydrogens is 755 g/mol. The van der Waals surface area contributed by atoms with Crippen LogP contribution in [0, 0.1) is 29.6 Å². The summed E-state index contributed by atoms with van der Waals surface area (Å²) in [6.07, 6.45) is 0.359. The molecule has 2 bridgehead atoms. The van der Waals surface area contributed by atoms with Gasteiger partial charge in [-0.25, -0.2) is 0 Å². The van der Waals surface area contributed by atoms with Crippen molar-refractivity contribution in [2.75, 3.05) is 5.75 Å². The molecular formula is C44H65N7O6S. The van der Waals surface area contributed by atoms with Gasteiger partial charge in [0.25, 0.3) is 0 Å². The predicted octanol–water partition coefficient (Wildman–Crippen LogP) is 3.52. The highest BCUT2D eigenvalue weighted by molar-refractivity contribution is 8.00. The Hall–Kier alpha value is -4.43. The highest BCUT2D eigenvalue weighted by Crippen LogP contribution is 2.26. The minimum absolute atomic E-state index is 0.0269. The van der Waals surface area contributed by atoms with Crippen LogP contribution in [-0.2, 0) is 35.2 Å². The summed E-state index contributed by atoms with van der Waals surface area (Å²) >= 11 is 1.50. The third-order valence-electron chi connectivity index (χ3n) is 10.7. The Morgan fingerprint density at radius 2 is 0.983 bits per heavy atom. The predicted molar refractivity (Wildman–Crippen MR) is 229 cm³/mol. The van der Waals surface area contributed by atoms with Gasteiger partial charge in [0.1, 0.15) is 30.2 Å². The van der Waals surface area contributed by atoms with Crippen LogP contribution in [0.2, 0.25) is 0 Å². The minimum atomic E-state index is -1.12. The van der Waals surface area contributed by atoms with Gasteiger partial charge >= 0.3 is 0 Å². The Balaban J connectivity index is 1.74. The van der Waals surface area contributed by atoms with Gasteiger partial charge in [-0.2, -0.15) is 0 Å². The van der Waals surface area contributed by atoms with Gasteiger partial charge in [-0.3, -0.25) is 34.1 Å². The molecule has 2 fully saturated rings. The van der Waals surface area contributed by atoms with Crippen LogP contribution in [0.3, 0.4) is 0 Å². The van der Waals surface area contributed by atoms with Crippen LogP contribution in [0.1, 0.15) is 81.2 Å². The number of rotatable bonds is 9. The van der Waals surface area contributed by atoms with Crippen LogP contribution in [0.25, 0.3) is 11.1 Å². The molecule has 318 valence electrons. The number of carbonyl (C=O) groups excluding carboxylic acids is 6. The lowest BCUT2D eigenvalue weighted by atomic mass is 9.97. The van der Waals surface area contributed by atoms with E-state index in [4.69, 9.17) is 0 Å². The van der Waals surface area contributed by atoms with Crippen LogP contribution < -0.4 is 37.2 Å². The molecule has 0 saturated carbocycles. The summed E-state index contributed by atoms with van der Waals surface area (Å²) in [5, 5.41) is 20.7. The van der Waals surface area contributed by atoms with Crippen molar-refractivity contribution in [2.45, 2.75) is 130 Å². The monoisotopic (exact) mass is 819 g/mol. The molecule has 2 aliphatic heterocycles. The van der Waals surface area contributed by atoms with Crippen molar-refractivity contribution in [2.24, 2.45) is 29.6 Å². The molecule has 13 nitrogen and oxygen atoms in total. The first kappa shape index (κ1) is 46.3. The second-order valence-electron chi connectivity index (χ2n) is 17.5. The lowest BCUT2D eigenvalue weighted by molar-refractivity contribution is -0.136. The summed E-state index contributed by atoms with van der Waals surface area (Å²) in [6, 6.07) is 11.5. The molecule has 1 unspecified atom stereocenters. The van der Waals surface area contributed by atoms with Gasteiger partial charge in [-0.05, 0) is 52.7 Å². The Labute approximate surface area is 348 Å². The van der Waals surface area contributed by atoms with E-state index in [1.807, 2.05) is 110 Å². The van der Waals surface area contributed by atoms with E-state index < -0.39 is 65.9 Å². The molecule has 0 aromatic heterocycles. The van der Waals surface area contributed by atoms with Crippen LogP contribution in [0.4, 0.5) is 0 Å². The summed E-state index contributed by atoms with van der Waals surface area (Å²) < 4.78 is 0. The smallest absolute Gasteiger partial charge is 0.243 e. The molecule has 7 N–H and O–H groups in total. The molecule has 58 heavy (non-hydrogen) atoms. The van der Waals surface area contributed by atoms with Crippen LogP contribution >= 0.6 is 11.8 Å². The molecule has 2 aromatic carbocycles. The standard InChI is InChI=1S/C44H65N7O6S/c1-23(2)20-31-39(53)48-35(25(5)6)42(56)50-36(26(7)8)43(57)51-37(27(9)10)44-47-33(22-58-44)40(54)49-34(24(3)4)41(55)46-32(38(52)45-31)21-28-16-18-30(19-17-28)29-14-12-11-13-15-29/h11-19,23-27,31-37,44,47H,20-22H2,1-10H3,(H,45,52)(H,46,55)(H,48,53)(H,49,54)(H,50,56)(H,51,57)/t31-,32+,33+,34-,35+,36-,37+,44?/m1/s1. The average molecular weight is 820 g/mol. The highest BCUT2D eigenvalue weighted by Gasteiger charge is 2.40. The molecule has 8 atom stereocenters. The van der Waals surface area contributed by atoms with Crippen LogP contribution in [0.15, 0.2) is 54.6 Å². The topological polar surface area (TPSA) is 187 Å². The zero-order chi connectivity index (χ0) is 42.8. The normalized spacial score (nSPS) is 27.2. The lowest BCUT2D eigenvalue weighted by Gasteiger charge is -2.32. The van der Waals surface area contributed by atoms with Gasteiger partial charge in [0.15, 0.2) is 0 Å². The van der Waals surface area contributed by atoms with E-state index in [0.29, 0.717) is 5.75 Å². The fourth-order valence-electron chi connectivity index (χ4n) is 7.20. The lowest BCUT2D eigenvalue weighted by Crippen LogP contribution is -2.61. The zero-order valence-electron chi connectivity index (χ0n) is 35.7. The Bertz CT molecular complexity index is 1740. The third-order valence-corrected chi connectivity index (χ3v) is 12.0. The largest absolute Gasteiger partial charge is 0.349 e. The highest BCUT2D eigenvalue weighted by atomic mass is 32.2. The molecule has 2 heterocycles. The number of benzene rings is 2. The molecule has 14 heteroatoms. The summed E-state index contributed by atoms with van der Waals surface area (Å²) in [6.45, 7) is 18.7. The van der Waals surface area contributed by atoms with Crippen LogP contribution in [0.5, 0.6) is 0 Å². The molecule has 2 aliphatic rings. The van der Waals surface area contributed by atoms with Crippen molar-refractivity contribution in [3.63, 3.8) is 0 Å². The maximum atomic E-state index is 14.3.